The first kappa shape index (κ1) is 16.1. The summed E-state index contributed by atoms with van der Waals surface area (Å²) in [5, 5.41) is 2.90. The van der Waals surface area contributed by atoms with E-state index in [4.69, 9.17) is 4.74 Å². The predicted octanol–water partition coefficient (Wildman–Crippen LogP) is 3.04. The number of benzene rings is 2. The van der Waals surface area contributed by atoms with E-state index in [0.717, 1.165) is 16.9 Å². The molecule has 0 aromatic heterocycles. The number of amides is 1. The number of Topliss-reactive ketones (excluding diaryl/α,β-unsaturated/α-hetero) is 1. The summed E-state index contributed by atoms with van der Waals surface area (Å²) >= 11 is 0. The number of anilines is 2. The monoisotopic (exact) mass is 324 g/mol. The molecule has 0 aliphatic carbocycles. The van der Waals surface area contributed by atoms with Gasteiger partial charge in [0.25, 0.3) is 0 Å². The summed E-state index contributed by atoms with van der Waals surface area (Å²) in [7, 11) is 0. The first-order valence-corrected chi connectivity index (χ1v) is 7.92. The summed E-state index contributed by atoms with van der Waals surface area (Å²) in [4.78, 5) is 25.9. The standard InChI is InChI=1S/C19H20N2O3/c1-13-3-6-16(7-4-13)20-19(23)12-21-9-10-24-18-8-5-15(14(2)22)11-17(18)21/h3-8,11H,9-10,12H2,1-2H3,(H,20,23). The van der Waals surface area contributed by atoms with Crippen LogP contribution in [0.25, 0.3) is 0 Å². The highest BCUT2D eigenvalue weighted by Gasteiger charge is 2.21. The average molecular weight is 324 g/mol. The molecule has 2 aromatic carbocycles. The molecule has 0 saturated heterocycles. The molecule has 5 heteroatoms. The lowest BCUT2D eigenvalue weighted by atomic mass is 10.1. The molecule has 1 heterocycles. The highest BCUT2D eigenvalue weighted by atomic mass is 16.5. The Kier molecular flexibility index (Phi) is 4.51. The lowest BCUT2D eigenvalue weighted by Gasteiger charge is -2.31. The molecule has 0 unspecified atom stereocenters. The third kappa shape index (κ3) is 3.56. The van der Waals surface area contributed by atoms with Crippen LogP contribution in [-0.2, 0) is 4.79 Å². The first-order valence-electron chi connectivity index (χ1n) is 7.92. The number of carbonyl (C=O) groups is 2. The Morgan fingerprint density at radius 2 is 1.92 bits per heavy atom. The maximum atomic E-state index is 12.3. The van der Waals surface area contributed by atoms with Crippen LogP contribution in [0.1, 0.15) is 22.8 Å². The van der Waals surface area contributed by atoms with Crippen molar-refractivity contribution in [2.75, 3.05) is 29.9 Å². The van der Waals surface area contributed by atoms with Crippen molar-refractivity contribution in [2.45, 2.75) is 13.8 Å². The van der Waals surface area contributed by atoms with Crippen molar-refractivity contribution >= 4 is 23.1 Å². The fraction of sp³-hybridized carbons (Fsp3) is 0.263. The molecule has 0 fully saturated rings. The second-order valence-corrected chi connectivity index (χ2v) is 5.92. The van der Waals surface area contributed by atoms with Crippen molar-refractivity contribution in [3.63, 3.8) is 0 Å². The molecule has 1 aliphatic heterocycles. The maximum Gasteiger partial charge on any atom is 0.243 e. The molecule has 1 aliphatic rings. The van der Waals surface area contributed by atoms with Gasteiger partial charge in [0.05, 0.1) is 18.8 Å². The van der Waals surface area contributed by atoms with Crippen LogP contribution in [0.3, 0.4) is 0 Å². The Morgan fingerprint density at radius 3 is 2.62 bits per heavy atom. The summed E-state index contributed by atoms with van der Waals surface area (Å²) in [6, 6.07) is 13.0. The van der Waals surface area contributed by atoms with E-state index in [1.165, 1.54) is 6.92 Å². The highest BCUT2D eigenvalue weighted by molar-refractivity contribution is 5.97. The first-order chi connectivity index (χ1) is 11.5. The molecule has 5 nitrogen and oxygen atoms in total. The van der Waals surface area contributed by atoms with Gasteiger partial charge in [-0.25, -0.2) is 0 Å². The largest absolute Gasteiger partial charge is 0.490 e. The average Bonchev–Trinajstić information content (AvgIpc) is 2.57. The Morgan fingerprint density at radius 1 is 1.17 bits per heavy atom. The summed E-state index contributed by atoms with van der Waals surface area (Å²) in [6.45, 7) is 4.87. The van der Waals surface area contributed by atoms with Crippen LogP contribution < -0.4 is 15.0 Å². The minimum atomic E-state index is -0.0973. The van der Waals surface area contributed by atoms with Crippen molar-refractivity contribution in [3.8, 4) is 5.75 Å². The molecule has 0 bridgehead atoms. The van der Waals surface area contributed by atoms with E-state index in [9.17, 15) is 9.59 Å². The van der Waals surface area contributed by atoms with Crippen molar-refractivity contribution in [3.05, 3.63) is 53.6 Å². The Balaban J connectivity index is 1.74. The fourth-order valence-electron chi connectivity index (χ4n) is 2.67. The number of ether oxygens (including phenoxy) is 1. The highest BCUT2D eigenvalue weighted by Crippen LogP contribution is 2.32. The van der Waals surface area contributed by atoms with Gasteiger partial charge in [-0.05, 0) is 44.2 Å². The number of hydrogen-bond acceptors (Lipinski definition) is 4. The van der Waals surface area contributed by atoms with Crippen LogP contribution >= 0.6 is 0 Å². The molecule has 24 heavy (non-hydrogen) atoms. The van der Waals surface area contributed by atoms with E-state index in [1.54, 1.807) is 18.2 Å². The van der Waals surface area contributed by atoms with E-state index in [1.807, 2.05) is 36.1 Å². The van der Waals surface area contributed by atoms with Crippen LogP contribution in [0.15, 0.2) is 42.5 Å². The Labute approximate surface area is 141 Å². The predicted molar refractivity (Wildman–Crippen MR) is 94.0 cm³/mol. The third-order valence-electron chi connectivity index (χ3n) is 3.99. The smallest absolute Gasteiger partial charge is 0.243 e. The number of nitrogens with zero attached hydrogens (tertiary/aromatic N) is 1. The number of carbonyl (C=O) groups excluding carboxylic acids is 2. The van der Waals surface area contributed by atoms with Gasteiger partial charge in [-0.15, -0.1) is 0 Å². The molecule has 0 radical (unpaired) electrons. The van der Waals surface area contributed by atoms with E-state index >= 15 is 0 Å². The molecular formula is C19H20N2O3. The van der Waals surface area contributed by atoms with Crippen molar-refractivity contribution in [1.29, 1.82) is 0 Å². The normalized spacial score (nSPS) is 13.0. The number of aryl methyl sites for hydroxylation is 1. The molecule has 2 aromatic rings. The van der Waals surface area contributed by atoms with Gasteiger partial charge in [0, 0.05) is 11.3 Å². The van der Waals surface area contributed by atoms with Crippen LogP contribution in [0.4, 0.5) is 11.4 Å². The summed E-state index contributed by atoms with van der Waals surface area (Å²) < 4.78 is 5.62. The number of hydrogen-bond donors (Lipinski definition) is 1. The molecule has 3 rings (SSSR count). The van der Waals surface area contributed by atoms with Crippen LogP contribution in [-0.4, -0.2) is 31.4 Å². The van der Waals surface area contributed by atoms with Crippen molar-refractivity contribution < 1.29 is 14.3 Å². The number of ketones is 1. The second kappa shape index (κ2) is 6.74. The zero-order valence-electron chi connectivity index (χ0n) is 13.8. The number of fused-ring (bicyclic) bond motifs is 1. The van der Waals surface area contributed by atoms with Gasteiger partial charge >= 0.3 is 0 Å². The molecular weight excluding hydrogens is 304 g/mol. The second-order valence-electron chi connectivity index (χ2n) is 5.92. The Bertz CT molecular complexity index is 769. The van der Waals surface area contributed by atoms with Gasteiger partial charge in [0.1, 0.15) is 12.4 Å². The minimum absolute atomic E-state index is 0.00701. The van der Waals surface area contributed by atoms with E-state index in [-0.39, 0.29) is 18.2 Å². The fourth-order valence-corrected chi connectivity index (χ4v) is 2.67. The molecule has 0 saturated carbocycles. The molecule has 0 atom stereocenters. The van der Waals surface area contributed by atoms with Gasteiger partial charge in [-0.3, -0.25) is 9.59 Å². The van der Waals surface area contributed by atoms with Crippen molar-refractivity contribution in [1.82, 2.24) is 0 Å². The van der Waals surface area contributed by atoms with Crippen LogP contribution in [0.5, 0.6) is 5.75 Å². The minimum Gasteiger partial charge on any atom is -0.490 e. The quantitative estimate of drug-likeness (QED) is 0.878. The molecule has 1 amide bonds. The lowest BCUT2D eigenvalue weighted by molar-refractivity contribution is -0.115. The molecule has 1 N–H and O–H groups in total. The maximum absolute atomic E-state index is 12.3. The zero-order valence-corrected chi connectivity index (χ0v) is 13.8. The van der Waals surface area contributed by atoms with E-state index in [2.05, 4.69) is 5.32 Å². The zero-order chi connectivity index (χ0) is 17.1. The molecule has 0 spiro atoms. The van der Waals surface area contributed by atoms with E-state index < -0.39 is 0 Å². The van der Waals surface area contributed by atoms with Crippen molar-refractivity contribution in [2.24, 2.45) is 0 Å². The Hall–Kier alpha value is -2.82. The van der Waals surface area contributed by atoms with Gasteiger partial charge in [-0.1, -0.05) is 17.7 Å². The summed E-state index contributed by atoms with van der Waals surface area (Å²) in [5.74, 6) is 0.599. The van der Waals surface area contributed by atoms with Crippen LogP contribution in [0, 0.1) is 6.92 Å². The SMILES string of the molecule is CC(=O)c1ccc2c(c1)N(CC(=O)Nc1ccc(C)cc1)CCO2. The van der Waals surface area contributed by atoms with E-state index in [0.29, 0.717) is 24.5 Å². The molecule has 124 valence electrons. The van der Waals surface area contributed by atoms with Gasteiger partial charge in [-0.2, -0.15) is 0 Å². The van der Waals surface area contributed by atoms with Gasteiger partial charge in [0.2, 0.25) is 5.91 Å². The topological polar surface area (TPSA) is 58.6 Å². The van der Waals surface area contributed by atoms with Gasteiger partial charge in [0.15, 0.2) is 5.78 Å². The van der Waals surface area contributed by atoms with Gasteiger partial charge < -0.3 is 15.0 Å². The summed E-state index contributed by atoms with van der Waals surface area (Å²) in [6.07, 6.45) is 0. The van der Waals surface area contributed by atoms with Crippen LogP contribution in [0.2, 0.25) is 0 Å². The number of rotatable bonds is 4. The number of nitrogens with one attached hydrogen (secondary N) is 1. The third-order valence-corrected chi connectivity index (χ3v) is 3.99. The lowest BCUT2D eigenvalue weighted by Crippen LogP contribution is -2.38. The summed E-state index contributed by atoms with van der Waals surface area (Å²) in [5.41, 5.74) is 3.32.